The van der Waals surface area contributed by atoms with Gasteiger partial charge in [0, 0.05) is 31.1 Å². The van der Waals surface area contributed by atoms with Gasteiger partial charge in [-0.05, 0) is 38.6 Å². The number of nitrogens with zero attached hydrogens (tertiary/aromatic N) is 5. The minimum absolute atomic E-state index is 0.481. The molecule has 1 aliphatic heterocycles. The Bertz CT molecular complexity index is 559. The van der Waals surface area contributed by atoms with Gasteiger partial charge in [-0.25, -0.2) is 19.9 Å². The van der Waals surface area contributed by atoms with Crippen LogP contribution in [0.15, 0.2) is 30.7 Å². The topological polar surface area (TPSA) is 66.8 Å². The predicted molar refractivity (Wildman–Crippen MR) is 76.8 cm³/mol. The van der Waals surface area contributed by atoms with Gasteiger partial charge >= 0.3 is 0 Å². The molecule has 2 aromatic rings. The van der Waals surface area contributed by atoms with Gasteiger partial charge in [-0.1, -0.05) is 0 Å². The maximum absolute atomic E-state index is 4.60. The van der Waals surface area contributed by atoms with E-state index in [4.69, 9.17) is 0 Å². The molecule has 3 rings (SSSR count). The highest BCUT2D eigenvalue weighted by molar-refractivity contribution is 5.41. The van der Waals surface area contributed by atoms with Gasteiger partial charge < -0.3 is 4.90 Å². The third-order valence-corrected chi connectivity index (χ3v) is 3.51. The first kappa shape index (κ1) is 12.9. The van der Waals surface area contributed by atoms with Crippen molar-refractivity contribution in [1.82, 2.24) is 24.8 Å². The fourth-order valence-corrected chi connectivity index (χ4v) is 2.53. The quantitative estimate of drug-likeness (QED) is 0.917. The van der Waals surface area contributed by atoms with Crippen LogP contribution in [0.1, 0.15) is 24.5 Å². The molecule has 6 heteroatoms. The van der Waals surface area contributed by atoms with Crippen molar-refractivity contribution in [3.63, 3.8) is 0 Å². The molecule has 0 saturated carbocycles. The second kappa shape index (κ2) is 5.92. The van der Waals surface area contributed by atoms with Crippen LogP contribution < -0.4 is 5.32 Å². The van der Waals surface area contributed by atoms with E-state index >= 15 is 0 Å². The summed E-state index contributed by atoms with van der Waals surface area (Å²) >= 11 is 0. The molecule has 0 amide bonds. The van der Waals surface area contributed by atoms with Gasteiger partial charge in [-0.3, -0.25) is 5.32 Å². The number of anilines is 2. The molecular formula is C14H18N6. The molecule has 1 N–H and O–H groups in total. The third kappa shape index (κ3) is 3.08. The highest BCUT2D eigenvalue weighted by atomic mass is 15.2. The maximum Gasteiger partial charge on any atom is 0.229 e. The lowest BCUT2D eigenvalue weighted by Gasteiger charge is -2.29. The van der Waals surface area contributed by atoms with Gasteiger partial charge in [0.1, 0.15) is 0 Å². The summed E-state index contributed by atoms with van der Waals surface area (Å²) in [6.07, 6.45) is 7.57. The minimum Gasteiger partial charge on any atom is -0.306 e. The first-order chi connectivity index (χ1) is 9.81. The molecule has 20 heavy (non-hydrogen) atoms. The normalized spacial score (nSPS) is 19.8. The number of hydrogen-bond donors (Lipinski definition) is 1. The molecule has 6 nitrogen and oxygen atoms in total. The molecule has 3 heterocycles. The number of aromatic nitrogens is 4. The van der Waals surface area contributed by atoms with Crippen molar-refractivity contribution in [2.45, 2.75) is 18.8 Å². The minimum atomic E-state index is 0.481. The Morgan fingerprint density at radius 2 is 1.95 bits per heavy atom. The number of likely N-dealkylation sites (N-methyl/N-ethyl adjacent to an activating group) is 1. The molecule has 1 saturated heterocycles. The monoisotopic (exact) mass is 270 g/mol. The number of rotatable bonds is 3. The van der Waals surface area contributed by atoms with E-state index in [1.807, 2.05) is 6.07 Å². The molecule has 1 fully saturated rings. The Labute approximate surface area is 118 Å². The molecule has 0 aliphatic carbocycles. The molecule has 104 valence electrons. The van der Waals surface area contributed by atoms with E-state index < -0.39 is 0 Å². The molecule has 0 spiro atoms. The largest absolute Gasteiger partial charge is 0.306 e. The highest BCUT2D eigenvalue weighted by Gasteiger charge is 2.20. The number of nitrogens with one attached hydrogen (secondary N) is 1. The summed E-state index contributed by atoms with van der Waals surface area (Å²) in [6, 6.07) is 3.78. The zero-order valence-corrected chi connectivity index (χ0v) is 11.5. The van der Waals surface area contributed by atoms with Crippen molar-refractivity contribution in [3.05, 3.63) is 36.4 Å². The van der Waals surface area contributed by atoms with Gasteiger partial charge in [-0.15, -0.1) is 0 Å². The SMILES string of the molecule is CN1CCCC(c2ccnc(Nc3ncccn3)n2)C1. The second-order valence-corrected chi connectivity index (χ2v) is 5.10. The van der Waals surface area contributed by atoms with Crippen LogP contribution in [-0.4, -0.2) is 45.0 Å². The Morgan fingerprint density at radius 3 is 2.75 bits per heavy atom. The van der Waals surface area contributed by atoms with Gasteiger partial charge in [0.05, 0.1) is 5.69 Å². The molecule has 0 radical (unpaired) electrons. The summed E-state index contributed by atoms with van der Waals surface area (Å²) in [7, 11) is 2.16. The zero-order chi connectivity index (χ0) is 13.8. The van der Waals surface area contributed by atoms with Crippen molar-refractivity contribution in [1.29, 1.82) is 0 Å². The first-order valence-electron chi connectivity index (χ1n) is 6.87. The van der Waals surface area contributed by atoms with Gasteiger partial charge in [-0.2, -0.15) is 0 Å². The Balaban J connectivity index is 1.75. The summed E-state index contributed by atoms with van der Waals surface area (Å²) in [6.45, 7) is 2.23. The Kier molecular flexibility index (Phi) is 3.83. The molecule has 1 aliphatic rings. The van der Waals surface area contributed by atoms with Crippen LogP contribution in [0.3, 0.4) is 0 Å². The maximum atomic E-state index is 4.60. The van der Waals surface area contributed by atoms with E-state index in [0.717, 1.165) is 12.2 Å². The second-order valence-electron chi connectivity index (χ2n) is 5.10. The zero-order valence-electron chi connectivity index (χ0n) is 11.5. The van der Waals surface area contributed by atoms with Crippen LogP contribution >= 0.6 is 0 Å². The van der Waals surface area contributed by atoms with Crippen LogP contribution in [0.5, 0.6) is 0 Å². The summed E-state index contributed by atoms with van der Waals surface area (Å²) in [5, 5.41) is 3.04. The van der Waals surface area contributed by atoms with Crippen molar-refractivity contribution < 1.29 is 0 Å². The van der Waals surface area contributed by atoms with Crippen molar-refractivity contribution >= 4 is 11.9 Å². The van der Waals surface area contributed by atoms with E-state index in [1.54, 1.807) is 24.7 Å². The lowest BCUT2D eigenvalue weighted by molar-refractivity contribution is 0.248. The van der Waals surface area contributed by atoms with Crippen LogP contribution in [0.4, 0.5) is 11.9 Å². The molecular weight excluding hydrogens is 252 g/mol. The fourth-order valence-electron chi connectivity index (χ4n) is 2.53. The van der Waals surface area contributed by atoms with Crippen LogP contribution in [-0.2, 0) is 0 Å². The Hall–Kier alpha value is -2.08. The van der Waals surface area contributed by atoms with Crippen LogP contribution in [0.2, 0.25) is 0 Å². The Morgan fingerprint density at radius 1 is 1.15 bits per heavy atom. The lowest BCUT2D eigenvalue weighted by atomic mass is 9.95. The van der Waals surface area contributed by atoms with Crippen molar-refractivity contribution in [2.24, 2.45) is 0 Å². The average molecular weight is 270 g/mol. The van der Waals surface area contributed by atoms with E-state index in [-0.39, 0.29) is 0 Å². The van der Waals surface area contributed by atoms with E-state index in [9.17, 15) is 0 Å². The van der Waals surface area contributed by atoms with E-state index in [0.29, 0.717) is 17.8 Å². The standard InChI is InChI=1S/C14H18N6/c1-20-9-2-4-11(10-20)12-5-8-17-14(18-12)19-13-15-6-3-7-16-13/h3,5-8,11H,2,4,9-10H2,1H3,(H,15,16,17,18,19). The van der Waals surface area contributed by atoms with Gasteiger partial charge in [0.2, 0.25) is 11.9 Å². The number of likely N-dealkylation sites (tertiary alicyclic amines) is 1. The number of piperidine rings is 1. The van der Waals surface area contributed by atoms with Crippen molar-refractivity contribution in [2.75, 3.05) is 25.5 Å². The third-order valence-electron chi connectivity index (χ3n) is 3.51. The number of hydrogen-bond acceptors (Lipinski definition) is 6. The molecule has 0 aromatic carbocycles. The molecule has 2 aromatic heterocycles. The molecule has 1 unspecified atom stereocenters. The lowest BCUT2D eigenvalue weighted by Crippen LogP contribution is -2.31. The predicted octanol–water partition coefficient (Wildman–Crippen LogP) is 1.82. The van der Waals surface area contributed by atoms with Gasteiger partial charge in [0.25, 0.3) is 0 Å². The first-order valence-corrected chi connectivity index (χ1v) is 6.87. The van der Waals surface area contributed by atoms with E-state index in [1.165, 1.54) is 19.4 Å². The molecule has 0 bridgehead atoms. The smallest absolute Gasteiger partial charge is 0.229 e. The average Bonchev–Trinajstić information content (AvgIpc) is 2.49. The summed E-state index contributed by atoms with van der Waals surface area (Å²) in [5.41, 5.74) is 1.09. The summed E-state index contributed by atoms with van der Waals surface area (Å²) in [5.74, 6) is 1.56. The van der Waals surface area contributed by atoms with Crippen LogP contribution in [0, 0.1) is 0 Å². The fraction of sp³-hybridized carbons (Fsp3) is 0.429. The highest BCUT2D eigenvalue weighted by Crippen LogP contribution is 2.25. The van der Waals surface area contributed by atoms with E-state index in [2.05, 4.69) is 37.2 Å². The van der Waals surface area contributed by atoms with Crippen molar-refractivity contribution in [3.8, 4) is 0 Å². The van der Waals surface area contributed by atoms with Crippen LogP contribution in [0.25, 0.3) is 0 Å². The molecule has 1 atom stereocenters. The summed E-state index contributed by atoms with van der Waals surface area (Å²) < 4.78 is 0. The van der Waals surface area contributed by atoms with Gasteiger partial charge in [0.15, 0.2) is 0 Å². The summed E-state index contributed by atoms with van der Waals surface area (Å²) in [4.78, 5) is 19.4.